The van der Waals surface area contributed by atoms with Crippen molar-refractivity contribution in [1.29, 1.82) is 0 Å². The lowest BCUT2D eigenvalue weighted by atomic mass is 9.92. The quantitative estimate of drug-likeness (QED) is 0.675. The molecule has 4 N–H and O–H groups in total. The molecule has 0 saturated carbocycles. The molecule has 2 heterocycles. The molecule has 122 valence electrons. The third kappa shape index (κ3) is 2.45. The van der Waals surface area contributed by atoms with Crippen molar-refractivity contribution in [3.63, 3.8) is 0 Å². The molecule has 3 aromatic rings. The van der Waals surface area contributed by atoms with Gasteiger partial charge in [-0.05, 0) is 31.4 Å². The Kier molecular flexibility index (Phi) is 3.54. The Hall–Kier alpha value is -2.73. The molecule has 24 heavy (non-hydrogen) atoms. The summed E-state index contributed by atoms with van der Waals surface area (Å²) >= 11 is 0. The predicted octanol–water partition coefficient (Wildman–Crippen LogP) is 2.33. The maximum Gasteiger partial charge on any atom is 0.276 e. The monoisotopic (exact) mass is 321 g/mol. The van der Waals surface area contributed by atoms with E-state index in [1.165, 1.54) is 0 Å². The highest BCUT2D eigenvalue weighted by atomic mass is 16.1. The number of nitrogens with two attached hydrogens (primary N) is 1. The number of anilines is 1. The molecule has 0 saturated heterocycles. The highest BCUT2D eigenvalue weighted by molar-refractivity contribution is 6.05. The SMILES string of the molecule is Cc1c(NC(=O)c2n[nH]c3c2CCC(N)C3)cnc2ccccc12. The van der Waals surface area contributed by atoms with Crippen LogP contribution in [0, 0.1) is 6.92 Å². The predicted molar refractivity (Wildman–Crippen MR) is 93.0 cm³/mol. The van der Waals surface area contributed by atoms with Gasteiger partial charge in [0.05, 0.1) is 17.4 Å². The molecule has 0 bridgehead atoms. The molecule has 2 aromatic heterocycles. The molecular formula is C18H19N5O. The summed E-state index contributed by atoms with van der Waals surface area (Å²) in [5.41, 5.74) is 11.0. The van der Waals surface area contributed by atoms with Gasteiger partial charge in [-0.25, -0.2) is 0 Å². The number of aromatic amines is 1. The van der Waals surface area contributed by atoms with Crippen molar-refractivity contribution in [3.8, 4) is 0 Å². The lowest BCUT2D eigenvalue weighted by molar-refractivity contribution is 0.102. The number of aryl methyl sites for hydroxylation is 1. The molecule has 1 aliphatic rings. The molecule has 1 unspecified atom stereocenters. The van der Waals surface area contributed by atoms with Gasteiger partial charge in [-0.1, -0.05) is 18.2 Å². The van der Waals surface area contributed by atoms with Crippen molar-refractivity contribution in [2.45, 2.75) is 32.2 Å². The summed E-state index contributed by atoms with van der Waals surface area (Å²) in [6.45, 7) is 1.98. The Bertz CT molecular complexity index is 930. The van der Waals surface area contributed by atoms with Crippen molar-refractivity contribution in [1.82, 2.24) is 15.2 Å². The van der Waals surface area contributed by atoms with E-state index in [1.807, 2.05) is 31.2 Å². The number of rotatable bonds is 2. The third-order valence-electron chi connectivity index (χ3n) is 4.69. The number of carbonyl (C=O) groups is 1. The van der Waals surface area contributed by atoms with Gasteiger partial charge in [-0.15, -0.1) is 0 Å². The Morgan fingerprint density at radius 2 is 2.21 bits per heavy atom. The summed E-state index contributed by atoms with van der Waals surface area (Å²) in [6, 6.07) is 8.02. The van der Waals surface area contributed by atoms with Gasteiger partial charge in [-0.3, -0.25) is 14.9 Å². The fourth-order valence-corrected chi connectivity index (χ4v) is 3.31. The number of benzene rings is 1. The maximum absolute atomic E-state index is 12.7. The van der Waals surface area contributed by atoms with Crippen LogP contribution in [-0.2, 0) is 12.8 Å². The van der Waals surface area contributed by atoms with Gasteiger partial charge in [0.2, 0.25) is 0 Å². The topological polar surface area (TPSA) is 96.7 Å². The van der Waals surface area contributed by atoms with Crippen molar-refractivity contribution in [2.75, 3.05) is 5.32 Å². The van der Waals surface area contributed by atoms with Gasteiger partial charge < -0.3 is 11.1 Å². The van der Waals surface area contributed by atoms with E-state index in [4.69, 9.17) is 5.73 Å². The van der Waals surface area contributed by atoms with Gasteiger partial charge in [0.1, 0.15) is 0 Å². The number of carbonyl (C=O) groups excluding carboxylic acids is 1. The lowest BCUT2D eigenvalue weighted by Crippen LogP contribution is -2.28. The Balaban J connectivity index is 1.64. The average Bonchev–Trinajstić information content (AvgIpc) is 3.00. The minimum atomic E-state index is -0.205. The Morgan fingerprint density at radius 3 is 3.08 bits per heavy atom. The molecule has 0 fully saturated rings. The van der Waals surface area contributed by atoms with Gasteiger partial charge in [0.25, 0.3) is 5.91 Å². The summed E-state index contributed by atoms with van der Waals surface area (Å²) in [5.74, 6) is -0.205. The van der Waals surface area contributed by atoms with Crippen LogP contribution in [0.3, 0.4) is 0 Å². The van der Waals surface area contributed by atoms with E-state index >= 15 is 0 Å². The fourth-order valence-electron chi connectivity index (χ4n) is 3.31. The summed E-state index contributed by atoms with van der Waals surface area (Å²) in [4.78, 5) is 17.1. The smallest absolute Gasteiger partial charge is 0.276 e. The molecule has 0 radical (unpaired) electrons. The summed E-state index contributed by atoms with van der Waals surface area (Å²) < 4.78 is 0. The number of aromatic nitrogens is 3. The van der Waals surface area contributed by atoms with E-state index in [-0.39, 0.29) is 11.9 Å². The molecule has 1 atom stereocenters. The first kappa shape index (κ1) is 14.8. The van der Waals surface area contributed by atoms with E-state index in [1.54, 1.807) is 6.20 Å². The number of hydrogen-bond acceptors (Lipinski definition) is 4. The number of amides is 1. The first-order valence-corrected chi connectivity index (χ1v) is 8.11. The van der Waals surface area contributed by atoms with Crippen molar-refractivity contribution in [3.05, 3.63) is 53.0 Å². The van der Waals surface area contributed by atoms with Crippen LogP contribution >= 0.6 is 0 Å². The average molecular weight is 321 g/mol. The van der Waals surface area contributed by atoms with Crippen LogP contribution in [-0.4, -0.2) is 27.1 Å². The van der Waals surface area contributed by atoms with Crippen LogP contribution in [0.2, 0.25) is 0 Å². The first-order chi connectivity index (χ1) is 11.6. The zero-order valence-corrected chi connectivity index (χ0v) is 13.5. The van der Waals surface area contributed by atoms with Crippen LogP contribution in [0.15, 0.2) is 30.5 Å². The highest BCUT2D eigenvalue weighted by Gasteiger charge is 2.25. The number of H-pyrrole nitrogens is 1. The van der Waals surface area contributed by atoms with Crippen LogP contribution in [0.1, 0.15) is 33.7 Å². The van der Waals surface area contributed by atoms with Crippen LogP contribution in [0.25, 0.3) is 10.9 Å². The van der Waals surface area contributed by atoms with Crippen LogP contribution < -0.4 is 11.1 Å². The lowest BCUT2D eigenvalue weighted by Gasteiger charge is -2.17. The summed E-state index contributed by atoms with van der Waals surface area (Å²) in [5, 5.41) is 11.2. The molecule has 6 nitrogen and oxygen atoms in total. The second-order valence-electron chi connectivity index (χ2n) is 6.30. The van der Waals surface area contributed by atoms with E-state index in [0.29, 0.717) is 11.4 Å². The molecule has 0 aliphatic heterocycles. The number of fused-ring (bicyclic) bond motifs is 2. The van der Waals surface area contributed by atoms with Gasteiger partial charge in [0, 0.05) is 29.1 Å². The molecule has 6 heteroatoms. The molecule has 0 spiro atoms. The van der Waals surface area contributed by atoms with E-state index < -0.39 is 0 Å². The number of nitrogens with one attached hydrogen (secondary N) is 2. The molecule has 1 aromatic carbocycles. The summed E-state index contributed by atoms with van der Waals surface area (Å²) in [6.07, 6.45) is 4.10. The van der Waals surface area contributed by atoms with Crippen molar-refractivity contribution in [2.24, 2.45) is 5.73 Å². The summed E-state index contributed by atoms with van der Waals surface area (Å²) in [7, 11) is 0. The second kappa shape index (κ2) is 5.72. The zero-order valence-electron chi connectivity index (χ0n) is 13.5. The first-order valence-electron chi connectivity index (χ1n) is 8.11. The van der Waals surface area contributed by atoms with Gasteiger partial charge >= 0.3 is 0 Å². The third-order valence-corrected chi connectivity index (χ3v) is 4.69. The van der Waals surface area contributed by atoms with Gasteiger partial charge in [-0.2, -0.15) is 5.10 Å². The fraction of sp³-hybridized carbons (Fsp3) is 0.278. The van der Waals surface area contributed by atoms with E-state index in [0.717, 1.165) is 47.0 Å². The number of pyridine rings is 1. The largest absolute Gasteiger partial charge is 0.327 e. The number of nitrogens with zero attached hydrogens (tertiary/aromatic N) is 2. The van der Waals surface area contributed by atoms with E-state index in [2.05, 4.69) is 20.5 Å². The molecular weight excluding hydrogens is 302 g/mol. The van der Waals surface area contributed by atoms with Gasteiger partial charge in [0.15, 0.2) is 5.69 Å². The van der Waals surface area contributed by atoms with Crippen LogP contribution in [0.4, 0.5) is 5.69 Å². The number of hydrogen-bond donors (Lipinski definition) is 3. The minimum Gasteiger partial charge on any atom is -0.327 e. The Morgan fingerprint density at radius 1 is 1.38 bits per heavy atom. The highest BCUT2D eigenvalue weighted by Crippen LogP contribution is 2.25. The zero-order chi connectivity index (χ0) is 16.7. The van der Waals surface area contributed by atoms with Crippen molar-refractivity contribution < 1.29 is 4.79 Å². The minimum absolute atomic E-state index is 0.140. The number of para-hydroxylation sites is 1. The Labute approximate surface area is 139 Å². The molecule has 1 aliphatic carbocycles. The normalized spacial score (nSPS) is 16.8. The second-order valence-corrected chi connectivity index (χ2v) is 6.30. The molecule has 4 rings (SSSR count). The van der Waals surface area contributed by atoms with Crippen molar-refractivity contribution >= 4 is 22.5 Å². The molecule has 1 amide bonds. The van der Waals surface area contributed by atoms with E-state index in [9.17, 15) is 4.79 Å². The maximum atomic E-state index is 12.7. The standard InChI is InChI=1S/C18H19N5O/c1-10-12-4-2-3-5-14(12)20-9-16(10)21-18(24)17-13-7-6-11(19)8-15(13)22-23-17/h2-5,9,11H,6-8,19H2,1H3,(H,21,24)(H,22,23). The van der Waals surface area contributed by atoms with Crippen LogP contribution in [0.5, 0.6) is 0 Å².